The second-order valence-electron chi connectivity index (χ2n) is 4.08. The highest BCUT2D eigenvalue weighted by Gasteiger charge is 2.23. The second kappa shape index (κ2) is 4.44. The Kier molecular flexibility index (Phi) is 3.19. The number of ether oxygens (including phenoxy) is 2. The molecule has 0 amide bonds. The summed E-state index contributed by atoms with van der Waals surface area (Å²) in [5, 5.41) is 0. The van der Waals surface area contributed by atoms with Crippen molar-refractivity contribution in [1.29, 1.82) is 0 Å². The number of hydrogen-bond donors (Lipinski definition) is 0. The molecule has 1 saturated carbocycles. The summed E-state index contributed by atoms with van der Waals surface area (Å²) in [6, 6.07) is 5.88. The van der Waals surface area contributed by atoms with Gasteiger partial charge in [-0.15, -0.1) is 0 Å². The number of benzene rings is 1. The van der Waals surface area contributed by atoms with Crippen molar-refractivity contribution >= 4 is 15.9 Å². The van der Waals surface area contributed by atoms with Crippen LogP contribution in [0.4, 0.5) is 0 Å². The minimum absolute atomic E-state index is 0.178. The lowest BCUT2D eigenvalue weighted by atomic mass is 10.3. The summed E-state index contributed by atoms with van der Waals surface area (Å²) < 4.78 is 12.3. The maximum absolute atomic E-state index is 5.70. The highest BCUT2D eigenvalue weighted by atomic mass is 79.9. The van der Waals surface area contributed by atoms with E-state index in [1.54, 1.807) is 0 Å². The van der Waals surface area contributed by atoms with Gasteiger partial charge in [-0.3, -0.25) is 0 Å². The van der Waals surface area contributed by atoms with Gasteiger partial charge in [0, 0.05) is 6.07 Å². The van der Waals surface area contributed by atoms with Crippen LogP contribution in [0.3, 0.4) is 0 Å². The first-order valence-electron chi connectivity index (χ1n) is 5.28. The molecule has 1 fully saturated rings. The molecule has 0 unspecified atom stereocenters. The molecule has 82 valence electrons. The Morgan fingerprint density at radius 3 is 2.67 bits per heavy atom. The van der Waals surface area contributed by atoms with Gasteiger partial charge in [0.15, 0.2) is 0 Å². The van der Waals surface area contributed by atoms with Gasteiger partial charge < -0.3 is 9.47 Å². The standard InChI is InChI=1S/C12H15BrO2/c1-8(2)14-12-7-10(5-6-11(12)13)15-9-3-4-9/h5-9H,3-4H2,1-2H3. The maximum Gasteiger partial charge on any atom is 0.137 e. The molecule has 0 atom stereocenters. The fourth-order valence-corrected chi connectivity index (χ4v) is 1.62. The summed E-state index contributed by atoms with van der Waals surface area (Å²) in [6.45, 7) is 4.03. The predicted octanol–water partition coefficient (Wildman–Crippen LogP) is 3.78. The van der Waals surface area contributed by atoms with Gasteiger partial charge in [0.05, 0.1) is 16.7 Å². The fraction of sp³-hybridized carbons (Fsp3) is 0.500. The van der Waals surface area contributed by atoms with Gasteiger partial charge in [-0.25, -0.2) is 0 Å². The molecule has 0 aromatic heterocycles. The Morgan fingerprint density at radius 2 is 2.07 bits per heavy atom. The van der Waals surface area contributed by atoms with Crippen LogP contribution in [0.1, 0.15) is 26.7 Å². The van der Waals surface area contributed by atoms with E-state index in [-0.39, 0.29) is 6.10 Å². The van der Waals surface area contributed by atoms with Crippen LogP contribution in [0.25, 0.3) is 0 Å². The van der Waals surface area contributed by atoms with E-state index in [0.717, 1.165) is 16.0 Å². The third-order valence-electron chi connectivity index (χ3n) is 2.09. The molecular formula is C12H15BrO2. The Balaban J connectivity index is 2.11. The number of halogens is 1. The van der Waals surface area contributed by atoms with Crippen LogP contribution < -0.4 is 9.47 Å². The van der Waals surface area contributed by atoms with Gasteiger partial charge in [-0.1, -0.05) is 0 Å². The van der Waals surface area contributed by atoms with Gasteiger partial charge in [-0.2, -0.15) is 0 Å². The van der Waals surface area contributed by atoms with E-state index in [1.165, 1.54) is 12.8 Å². The highest BCUT2D eigenvalue weighted by molar-refractivity contribution is 9.10. The first kappa shape index (κ1) is 10.8. The zero-order valence-electron chi connectivity index (χ0n) is 9.00. The molecule has 0 N–H and O–H groups in total. The average Bonchev–Trinajstić information content (AvgIpc) is 2.94. The molecule has 0 radical (unpaired) electrons. The third-order valence-corrected chi connectivity index (χ3v) is 2.75. The van der Waals surface area contributed by atoms with Crippen LogP contribution in [0, 0.1) is 0 Å². The normalized spacial score (nSPS) is 15.5. The monoisotopic (exact) mass is 270 g/mol. The largest absolute Gasteiger partial charge is 0.490 e. The molecule has 15 heavy (non-hydrogen) atoms. The van der Waals surface area contributed by atoms with Gasteiger partial charge in [0.25, 0.3) is 0 Å². The second-order valence-corrected chi connectivity index (χ2v) is 4.93. The van der Waals surface area contributed by atoms with Crippen molar-refractivity contribution in [2.24, 2.45) is 0 Å². The average molecular weight is 271 g/mol. The zero-order valence-corrected chi connectivity index (χ0v) is 10.6. The molecule has 0 spiro atoms. The summed E-state index contributed by atoms with van der Waals surface area (Å²) in [7, 11) is 0. The third kappa shape index (κ3) is 3.13. The molecule has 1 aromatic rings. The molecule has 0 bridgehead atoms. The van der Waals surface area contributed by atoms with E-state index < -0.39 is 0 Å². The molecule has 2 rings (SSSR count). The fourth-order valence-electron chi connectivity index (χ4n) is 1.28. The van der Waals surface area contributed by atoms with Crippen LogP contribution in [0.5, 0.6) is 11.5 Å². The van der Waals surface area contributed by atoms with Crippen molar-refractivity contribution in [2.45, 2.75) is 38.9 Å². The summed E-state index contributed by atoms with van der Waals surface area (Å²) in [4.78, 5) is 0. The summed E-state index contributed by atoms with van der Waals surface area (Å²) >= 11 is 3.46. The Hall–Kier alpha value is -0.700. The Morgan fingerprint density at radius 1 is 1.33 bits per heavy atom. The van der Waals surface area contributed by atoms with E-state index in [2.05, 4.69) is 15.9 Å². The van der Waals surface area contributed by atoms with Crippen molar-refractivity contribution in [3.8, 4) is 11.5 Å². The Bertz CT molecular complexity index is 345. The van der Waals surface area contributed by atoms with Gasteiger partial charge >= 0.3 is 0 Å². The molecule has 0 heterocycles. The summed E-state index contributed by atoms with van der Waals surface area (Å²) in [5.41, 5.74) is 0. The van der Waals surface area contributed by atoms with E-state index in [4.69, 9.17) is 9.47 Å². The molecular weight excluding hydrogens is 256 g/mol. The van der Waals surface area contributed by atoms with E-state index >= 15 is 0 Å². The van der Waals surface area contributed by atoms with Crippen LogP contribution in [0.2, 0.25) is 0 Å². The summed E-state index contributed by atoms with van der Waals surface area (Å²) in [5.74, 6) is 1.75. The molecule has 1 aromatic carbocycles. The molecule has 0 saturated heterocycles. The Labute approximate surface area is 98.7 Å². The quantitative estimate of drug-likeness (QED) is 0.829. The molecule has 3 heteroatoms. The van der Waals surface area contributed by atoms with E-state index in [9.17, 15) is 0 Å². The summed E-state index contributed by atoms with van der Waals surface area (Å²) in [6.07, 6.45) is 2.96. The van der Waals surface area contributed by atoms with E-state index in [1.807, 2.05) is 32.0 Å². The lowest BCUT2D eigenvalue weighted by molar-refractivity contribution is 0.238. The van der Waals surface area contributed by atoms with Crippen molar-refractivity contribution in [3.63, 3.8) is 0 Å². The van der Waals surface area contributed by atoms with Crippen molar-refractivity contribution < 1.29 is 9.47 Å². The lowest BCUT2D eigenvalue weighted by Crippen LogP contribution is -2.06. The first-order chi connectivity index (χ1) is 7.15. The number of rotatable bonds is 4. The minimum Gasteiger partial charge on any atom is -0.490 e. The smallest absolute Gasteiger partial charge is 0.137 e. The van der Waals surface area contributed by atoms with E-state index in [0.29, 0.717) is 6.10 Å². The van der Waals surface area contributed by atoms with Crippen molar-refractivity contribution in [1.82, 2.24) is 0 Å². The van der Waals surface area contributed by atoms with Crippen molar-refractivity contribution in [3.05, 3.63) is 22.7 Å². The van der Waals surface area contributed by atoms with Gasteiger partial charge in [0.2, 0.25) is 0 Å². The molecule has 1 aliphatic rings. The topological polar surface area (TPSA) is 18.5 Å². The maximum atomic E-state index is 5.70. The first-order valence-corrected chi connectivity index (χ1v) is 6.07. The zero-order chi connectivity index (χ0) is 10.8. The molecule has 0 aliphatic heterocycles. The minimum atomic E-state index is 0.178. The van der Waals surface area contributed by atoms with Crippen LogP contribution in [-0.4, -0.2) is 12.2 Å². The van der Waals surface area contributed by atoms with Gasteiger partial charge in [0.1, 0.15) is 11.5 Å². The predicted molar refractivity (Wildman–Crippen MR) is 63.6 cm³/mol. The van der Waals surface area contributed by atoms with Crippen LogP contribution in [0.15, 0.2) is 22.7 Å². The molecule has 2 nitrogen and oxygen atoms in total. The van der Waals surface area contributed by atoms with Crippen molar-refractivity contribution in [2.75, 3.05) is 0 Å². The lowest BCUT2D eigenvalue weighted by Gasteiger charge is -2.13. The number of hydrogen-bond acceptors (Lipinski definition) is 2. The highest BCUT2D eigenvalue weighted by Crippen LogP contribution is 2.33. The molecule has 1 aliphatic carbocycles. The van der Waals surface area contributed by atoms with Crippen LogP contribution in [-0.2, 0) is 0 Å². The SMILES string of the molecule is CC(C)Oc1cc(OC2CC2)ccc1Br. The van der Waals surface area contributed by atoms with Gasteiger partial charge in [-0.05, 0) is 54.8 Å². The van der Waals surface area contributed by atoms with Crippen LogP contribution >= 0.6 is 15.9 Å².